The second-order valence-electron chi connectivity index (χ2n) is 5.52. The summed E-state index contributed by atoms with van der Waals surface area (Å²) in [5.74, 6) is 0. The molecular formula is C17H26N4. The largest absolute Gasteiger partial charge is 0.308 e. The summed E-state index contributed by atoms with van der Waals surface area (Å²) in [7, 11) is 2.02. The molecule has 1 unspecified atom stereocenters. The summed E-state index contributed by atoms with van der Waals surface area (Å²) in [6.07, 6.45) is 3.01. The first-order chi connectivity index (χ1) is 10.1. The summed E-state index contributed by atoms with van der Waals surface area (Å²) >= 11 is 0. The lowest BCUT2D eigenvalue weighted by Crippen LogP contribution is -2.26. The molecule has 4 heteroatoms. The van der Waals surface area contributed by atoms with Crippen molar-refractivity contribution in [3.8, 4) is 0 Å². The van der Waals surface area contributed by atoms with Crippen molar-refractivity contribution in [2.24, 2.45) is 7.05 Å². The van der Waals surface area contributed by atoms with Crippen LogP contribution in [0.5, 0.6) is 0 Å². The quantitative estimate of drug-likeness (QED) is 0.851. The maximum atomic E-state index is 4.69. The van der Waals surface area contributed by atoms with Crippen molar-refractivity contribution in [3.05, 3.63) is 47.0 Å². The van der Waals surface area contributed by atoms with E-state index in [4.69, 9.17) is 0 Å². The Labute approximate surface area is 127 Å². The molecule has 2 rings (SSSR count). The molecule has 0 aliphatic rings. The maximum absolute atomic E-state index is 4.69. The topological polar surface area (TPSA) is 42.7 Å². The van der Waals surface area contributed by atoms with Crippen molar-refractivity contribution in [3.63, 3.8) is 0 Å². The molecule has 2 aromatic rings. The maximum Gasteiger partial charge on any atom is 0.0624 e. The lowest BCUT2D eigenvalue weighted by molar-refractivity contribution is 0.501. The van der Waals surface area contributed by atoms with Crippen LogP contribution in [0, 0.1) is 6.92 Å². The lowest BCUT2D eigenvalue weighted by atomic mass is 10.1. The van der Waals surface area contributed by atoms with Crippen LogP contribution < -0.4 is 5.32 Å². The van der Waals surface area contributed by atoms with Crippen molar-refractivity contribution in [1.82, 2.24) is 20.1 Å². The van der Waals surface area contributed by atoms with Crippen LogP contribution in [0.15, 0.2) is 24.3 Å². The minimum atomic E-state index is 0.241. The van der Waals surface area contributed by atoms with Gasteiger partial charge in [0.25, 0.3) is 0 Å². The molecule has 0 fully saturated rings. The number of nitrogens with zero attached hydrogens (tertiary/aromatic N) is 3. The van der Waals surface area contributed by atoms with Gasteiger partial charge in [0.05, 0.1) is 17.4 Å². The van der Waals surface area contributed by atoms with E-state index in [1.54, 1.807) is 0 Å². The van der Waals surface area contributed by atoms with E-state index in [0.29, 0.717) is 0 Å². The van der Waals surface area contributed by atoms with Gasteiger partial charge in [-0.1, -0.05) is 19.9 Å². The molecule has 0 saturated heterocycles. The third-order valence-corrected chi connectivity index (χ3v) is 3.71. The summed E-state index contributed by atoms with van der Waals surface area (Å²) < 4.78 is 2.00. The van der Waals surface area contributed by atoms with Gasteiger partial charge in [0.15, 0.2) is 0 Å². The highest BCUT2D eigenvalue weighted by Gasteiger charge is 2.16. The molecule has 0 bridgehead atoms. The highest BCUT2D eigenvalue weighted by Crippen LogP contribution is 2.18. The van der Waals surface area contributed by atoms with E-state index in [1.807, 2.05) is 24.7 Å². The van der Waals surface area contributed by atoms with Gasteiger partial charge >= 0.3 is 0 Å². The predicted octanol–water partition coefficient (Wildman–Crippen LogP) is 2.97. The van der Waals surface area contributed by atoms with Gasteiger partial charge in [0, 0.05) is 24.9 Å². The number of aromatic nitrogens is 3. The molecule has 114 valence electrons. The smallest absolute Gasteiger partial charge is 0.0624 e. The zero-order valence-corrected chi connectivity index (χ0v) is 13.6. The number of rotatable bonds is 7. The Morgan fingerprint density at radius 2 is 2.10 bits per heavy atom. The zero-order chi connectivity index (χ0) is 15.2. The number of hydrogen-bond donors (Lipinski definition) is 1. The van der Waals surface area contributed by atoms with Crippen LogP contribution in [0.3, 0.4) is 0 Å². The lowest BCUT2D eigenvalue weighted by Gasteiger charge is -2.18. The summed E-state index contributed by atoms with van der Waals surface area (Å²) in [4.78, 5) is 4.69. The van der Waals surface area contributed by atoms with Gasteiger partial charge < -0.3 is 5.32 Å². The van der Waals surface area contributed by atoms with E-state index in [1.165, 1.54) is 5.69 Å². The molecular weight excluding hydrogens is 260 g/mol. The highest BCUT2D eigenvalue weighted by molar-refractivity contribution is 5.18. The van der Waals surface area contributed by atoms with Crippen LogP contribution in [0.25, 0.3) is 0 Å². The van der Waals surface area contributed by atoms with Crippen LogP contribution in [0.2, 0.25) is 0 Å². The minimum Gasteiger partial charge on any atom is -0.308 e. The Kier molecular flexibility index (Phi) is 5.51. The summed E-state index contributed by atoms with van der Waals surface area (Å²) in [6.45, 7) is 7.37. The molecule has 21 heavy (non-hydrogen) atoms. The fourth-order valence-corrected chi connectivity index (χ4v) is 2.50. The van der Waals surface area contributed by atoms with Gasteiger partial charge in [0.2, 0.25) is 0 Å². The minimum absolute atomic E-state index is 0.241. The van der Waals surface area contributed by atoms with Crippen molar-refractivity contribution in [2.75, 3.05) is 6.54 Å². The van der Waals surface area contributed by atoms with Gasteiger partial charge in [-0.15, -0.1) is 0 Å². The zero-order valence-electron chi connectivity index (χ0n) is 13.6. The van der Waals surface area contributed by atoms with Gasteiger partial charge in [-0.2, -0.15) is 5.10 Å². The summed E-state index contributed by atoms with van der Waals surface area (Å²) in [6, 6.07) is 8.68. The molecule has 0 aliphatic heterocycles. The first-order valence-corrected chi connectivity index (χ1v) is 7.82. The average Bonchev–Trinajstić information content (AvgIpc) is 2.83. The van der Waals surface area contributed by atoms with Crippen LogP contribution >= 0.6 is 0 Å². The SMILES string of the molecule is CCCNC(Cc1cc(CC)nn1C)c1cccc(C)n1. The van der Waals surface area contributed by atoms with Gasteiger partial charge in [0.1, 0.15) is 0 Å². The summed E-state index contributed by atoms with van der Waals surface area (Å²) in [5.41, 5.74) is 4.58. The summed E-state index contributed by atoms with van der Waals surface area (Å²) in [5, 5.41) is 8.15. The molecule has 0 saturated carbocycles. The third kappa shape index (κ3) is 4.14. The van der Waals surface area contributed by atoms with E-state index in [9.17, 15) is 0 Å². The van der Waals surface area contributed by atoms with E-state index in [-0.39, 0.29) is 6.04 Å². The molecule has 0 radical (unpaired) electrons. The molecule has 2 aromatic heterocycles. The molecule has 0 spiro atoms. The molecule has 1 N–H and O–H groups in total. The van der Waals surface area contributed by atoms with Gasteiger partial charge in [-0.25, -0.2) is 0 Å². The van der Waals surface area contributed by atoms with Crippen molar-refractivity contribution in [1.29, 1.82) is 0 Å². The Hall–Kier alpha value is -1.68. The second-order valence-corrected chi connectivity index (χ2v) is 5.52. The molecule has 1 atom stereocenters. The third-order valence-electron chi connectivity index (χ3n) is 3.71. The Morgan fingerprint density at radius 3 is 2.71 bits per heavy atom. The first kappa shape index (κ1) is 15.7. The number of aryl methyl sites for hydroxylation is 3. The number of pyridine rings is 1. The molecule has 0 aromatic carbocycles. The van der Waals surface area contributed by atoms with Crippen molar-refractivity contribution in [2.45, 2.75) is 46.1 Å². The van der Waals surface area contributed by atoms with Gasteiger partial charge in [-0.05, 0) is 44.5 Å². The molecule has 2 heterocycles. The standard InChI is InChI=1S/C17H26N4/c1-5-10-18-17(16-9-7-8-13(3)19-16)12-15-11-14(6-2)20-21(15)4/h7-9,11,17-18H,5-6,10,12H2,1-4H3. The highest BCUT2D eigenvalue weighted by atomic mass is 15.3. The van der Waals surface area contributed by atoms with Crippen LogP contribution in [0.4, 0.5) is 0 Å². The number of nitrogens with one attached hydrogen (secondary N) is 1. The second kappa shape index (κ2) is 7.36. The molecule has 0 amide bonds. The normalized spacial score (nSPS) is 12.6. The van der Waals surface area contributed by atoms with Crippen LogP contribution in [-0.2, 0) is 19.9 Å². The predicted molar refractivity (Wildman–Crippen MR) is 86.3 cm³/mol. The Balaban J connectivity index is 2.21. The molecule has 0 aliphatic carbocycles. The Bertz CT molecular complexity index is 574. The fourth-order valence-electron chi connectivity index (χ4n) is 2.50. The fraction of sp³-hybridized carbons (Fsp3) is 0.529. The van der Waals surface area contributed by atoms with Crippen LogP contribution in [-0.4, -0.2) is 21.3 Å². The Morgan fingerprint density at radius 1 is 1.29 bits per heavy atom. The van der Waals surface area contributed by atoms with E-state index in [2.05, 4.69) is 47.4 Å². The van der Waals surface area contributed by atoms with Crippen molar-refractivity contribution < 1.29 is 0 Å². The van der Waals surface area contributed by atoms with E-state index in [0.717, 1.165) is 42.9 Å². The van der Waals surface area contributed by atoms with Crippen molar-refractivity contribution >= 4 is 0 Å². The average molecular weight is 286 g/mol. The van der Waals surface area contributed by atoms with Gasteiger partial charge in [-0.3, -0.25) is 9.67 Å². The number of hydrogen-bond acceptors (Lipinski definition) is 3. The van der Waals surface area contributed by atoms with E-state index < -0.39 is 0 Å². The van der Waals surface area contributed by atoms with E-state index >= 15 is 0 Å². The monoisotopic (exact) mass is 286 g/mol. The molecule has 4 nitrogen and oxygen atoms in total. The first-order valence-electron chi connectivity index (χ1n) is 7.82. The van der Waals surface area contributed by atoms with Crippen LogP contribution in [0.1, 0.15) is 49.1 Å².